The van der Waals surface area contributed by atoms with Crippen LogP contribution in [0.2, 0.25) is 0 Å². The minimum absolute atomic E-state index is 0.634. The third-order valence-corrected chi connectivity index (χ3v) is 6.55. The molecule has 0 amide bonds. The Morgan fingerprint density at radius 1 is 1.17 bits per heavy atom. The van der Waals surface area contributed by atoms with Crippen molar-refractivity contribution in [3.8, 4) is 0 Å². The van der Waals surface area contributed by atoms with Gasteiger partial charge in [0.25, 0.3) is 0 Å². The number of piperazine rings is 1. The minimum Gasteiger partial charge on any atom is -0.357 e. The predicted molar refractivity (Wildman–Crippen MR) is 127 cm³/mol. The highest BCUT2D eigenvalue weighted by molar-refractivity contribution is 7.11. The second-order valence-electron chi connectivity index (χ2n) is 7.56. The van der Waals surface area contributed by atoms with E-state index in [9.17, 15) is 0 Å². The third kappa shape index (κ3) is 6.40. The molecule has 0 aromatic carbocycles. The summed E-state index contributed by atoms with van der Waals surface area (Å²) < 4.78 is 0. The molecule has 0 aliphatic carbocycles. The first-order valence-corrected chi connectivity index (χ1v) is 11.8. The Kier molecular flexibility index (Phi) is 8.45. The second-order valence-corrected chi connectivity index (χ2v) is 8.85. The van der Waals surface area contributed by atoms with Gasteiger partial charge in [0.05, 0.1) is 17.2 Å². The van der Waals surface area contributed by atoms with Gasteiger partial charge in [-0.3, -0.25) is 0 Å². The number of hydrogen-bond donors (Lipinski definition) is 2. The number of rotatable bonds is 8. The van der Waals surface area contributed by atoms with Gasteiger partial charge < -0.3 is 20.4 Å². The number of aryl methyl sites for hydroxylation is 2. The van der Waals surface area contributed by atoms with Gasteiger partial charge in [0.1, 0.15) is 5.82 Å². The van der Waals surface area contributed by atoms with Crippen molar-refractivity contribution in [3.63, 3.8) is 0 Å². The van der Waals surface area contributed by atoms with E-state index in [0.717, 1.165) is 69.7 Å². The molecule has 1 aliphatic rings. The number of thiazole rings is 1. The molecule has 0 saturated carbocycles. The van der Waals surface area contributed by atoms with Crippen molar-refractivity contribution < 1.29 is 0 Å². The van der Waals surface area contributed by atoms with Crippen molar-refractivity contribution in [1.82, 2.24) is 25.5 Å². The van der Waals surface area contributed by atoms with Crippen molar-refractivity contribution in [3.05, 3.63) is 39.5 Å². The Hall–Kier alpha value is -2.19. The number of pyridine rings is 1. The highest BCUT2D eigenvalue weighted by Crippen LogP contribution is 2.17. The first kappa shape index (κ1) is 22.5. The normalized spacial score (nSPS) is 15.5. The van der Waals surface area contributed by atoms with E-state index < -0.39 is 0 Å². The molecule has 0 spiro atoms. The minimum atomic E-state index is 0.634. The van der Waals surface area contributed by atoms with Crippen LogP contribution in [0, 0.1) is 13.8 Å². The van der Waals surface area contributed by atoms with Crippen LogP contribution in [0.15, 0.2) is 23.3 Å². The number of hydrogen-bond acceptors (Lipinski definition) is 6. The van der Waals surface area contributed by atoms with Gasteiger partial charge in [0, 0.05) is 56.8 Å². The molecule has 8 heteroatoms. The van der Waals surface area contributed by atoms with Crippen LogP contribution in [0.5, 0.6) is 0 Å². The quantitative estimate of drug-likeness (QED) is 0.497. The maximum atomic E-state index is 4.77. The molecule has 2 N–H and O–H groups in total. The topological polar surface area (TPSA) is 68.7 Å². The van der Waals surface area contributed by atoms with E-state index in [4.69, 9.17) is 4.99 Å². The van der Waals surface area contributed by atoms with Crippen molar-refractivity contribution >= 4 is 23.1 Å². The monoisotopic (exact) mass is 429 g/mol. The SMILES string of the molecule is CCNC(=NCc1ccnc(N2CCN(CC)CC2)c1)NCCc1nc(C)c(C)s1. The fourth-order valence-electron chi connectivity index (χ4n) is 3.47. The van der Waals surface area contributed by atoms with Crippen LogP contribution in [-0.2, 0) is 13.0 Å². The van der Waals surface area contributed by atoms with Crippen molar-refractivity contribution in [2.24, 2.45) is 4.99 Å². The molecule has 3 rings (SSSR count). The number of nitrogens with one attached hydrogen (secondary N) is 2. The highest BCUT2D eigenvalue weighted by atomic mass is 32.1. The first-order chi connectivity index (χ1) is 14.6. The van der Waals surface area contributed by atoms with Gasteiger partial charge in [-0.05, 0) is 45.0 Å². The number of likely N-dealkylation sites (N-methyl/N-ethyl adjacent to an activating group) is 1. The Morgan fingerprint density at radius 2 is 1.97 bits per heavy atom. The molecule has 30 heavy (non-hydrogen) atoms. The number of nitrogens with zero attached hydrogens (tertiary/aromatic N) is 5. The highest BCUT2D eigenvalue weighted by Gasteiger charge is 2.16. The lowest BCUT2D eigenvalue weighted by atomic mass is 10.2. The van der Waals surface area contributed by atoms with E-state index in [0.29, 0.717) is 6.54 Å². The molecule has 1 aliphatic heterocycles. The largest absolute Gasteiger partial charge is 0.357 e. The molecule has 7 nitrogen and oxygen atoms in total. The molecule has 3 heterocycles. The summed E-state index contributed by atoms with van der Waals surface area (Å²) in [6.45, 7) is 16.2. The van der Waals surface area contributed by atoms with Gasteiger partial charge in [0.2, 0.25) is 0 Å². The van der Waals surface area contributed by atoms with E-state index in [1.54, 1.807) is 11.3 Å². The molecular weight excluding hydrogens is 394 g/mol. The van der Waals surface area contributed by atoms with Gasteiger partial charge in [-0.15, -0.1) is 11.3 Å². The standard InChI is InChI=1S/C22H35N7S/c1-5-23-22(25-10-8-21-27-17(3)18(4)30-21)26-16-19-7-9-24-20(15-19)29-13-11-28(6-2)12-14-29/h7,9,15H,5-6,8,10-14,16H2,1-4H3,(H2,23,25,26). The van der Waals surface area contributed by atoms with E-state index in [1.165, 1.54) is 15.4 Å². The summed E-state index contributed by atoms with van der Waals surface area (Å²) in [7, 11) is 0. The summed E-state index contributed by atoms with van der Waals surface area (Å²) in [5.41, 5.74) is 2.32. The van der Waals surface area contributed by atoms with Crippen molar-refractivity contribution in [2.75, 3.05) is 50.7 Å². The third-order valence-electron chi connectivity index (χ3n) is 5.42. The van der Waals surface area contributed by atoms with E-state index in [2.05, 4.69) is 70.2 Å². The molecule has 1 saturated heterocycles. The Bertz CT molecular complexity index is 805. The summed E-state index contributed by atoms with van der Waals surface area (Å²) >= 11 is 1.78. The summed E-state index contributed by atoms with van der Waals surface area (Å²) in [5.74, 6) is 1.91. The molecular formula is C22H35N7S. The average molecular weight is 430 g/mol. The maximum absolute atomic E-state index is 4.77. The van der Waals surface area contributed by atoms with Crippen LogP contribution in [0.4, 0.5) is 5.82 Å². The lowest BCUT2D eigenvalue weighted by Gasteiger charge is -2.34. The van der Waals surface area contributed by atoms with Gasteiger partial charge >= 0.3 is 0 Å². The van der Waals surface area contributed by atoms with Crippen LogP contribution in [-0.4, -0.2) is 66.6 Å². The molecule has 1 fully saturated rings. The molecule has 0 bridgehead atoms. The fraction of sp³-hybridized carbons (Fsp3) is 0.591. The van der Waals surface area contributed by atoms with Gasteiger partial charge in [-0.2, -0.15) is 0 Å². The summed E-state index contributed by atoms with van der Waals surface area (Å²) in [4.78, 5) is 20.1. The number of guanidine groups is 1. The summed E-state index contributed by atoms with van der Waals surface area (Å²) in [6.07, 6.45) is 2.81. The zero-order valence-corrected chi connectivity index (χ0v) is 19.6. The maximum Gasteiger partial charge on any atom is 0.191 e. The second kappa shape index (κ2) is 11.3. The van der Waals surface area contributed by atoms with Crippen LogP contribution >= 0.6 is 11.3 Å². The van der Waals surface area contributed by atoms with Gasteiger partial charge in [0.15, 0.2) is 5.96 Å². The van der Waals surface area contributed by atoms with Crippen LogP contribution in [0.25, 0.3) is 0 Å². The Balaban J connectivity index is 1.55. The smallest absolute Gasteiger partial charge is 0.191 e. The van der Waals surface area contributed by atoms with Crippen LogP contribution in [0.3, 0.4) is 0 Å². The first-order valence-electron chi connectivity index (χ1n) is 11.0. The van der Waals surface area contributed by atoms with Gasteiger partial charge in [-0.25, -0.2) is 15.0 Å². The van der Waals surface area contributed by atoms with Gasteiger partial charge in [-0.1, -0.05) is 6.92 Å². The molecule has 2 aromatic heterocycles. The molecule has 2 aromatic rings. The number of anilines is 1. The number of aromatic nitrogens is 2. The molecule has 164 valence electrons. The average Bonchev–Trinajstić information content (AvgIpc) is 3.09. The molecule has 0 unspecified atom stereocenters. The van der Waals surface area contributed by atoms with E-state index in [1.807, 2.05) is 6.20 Å². The zero-order chi connectivity index (χ0) is 21.3. The fourth-order valence-corrected chi connectivity index (χ4v) is 4.40. The Morgan fingerprint density at radius 3 is 2.63 bits per heavy atom. The lowest BCUT2D eigenvalue weighted by molar-refractivity contribution is 0.270. The van der Waals surface area contributed by atoms with Crippen molar-refractivity contribution in [1.29, 1.82) is 0 Å². The molecule has 0 atom stereocenters. The van der Waals surface area contributed by atoms with Crippen molar-refractivity contribution in [2.45, 2.75) is 40.7 Å². The lowest BCUT2D eigenvalue weighted by Crippen LogP contribution is -2.46. The number of aliphatic imine (C=N–C) groups is 1. The summed E-state index contributed by atoms with van der Waals surface area (Å²) in [6, 6.07) is 4.23. The van der Waals surface area contributed by atoms with E-state index in [-0.39, 0.29) is 0 Å². The zero-order valence-electron chi connectivity index (χ0n) is 18.7. The Labute approximate surface area is 184 Å². The van der Waals surface area contributed by atoms with Crippen LogP contribution < -0.4 is 15.5 Å². The van der Waals surface area contributed by atoms with Crippen LogP contribution in [0.1, 0.15) is 35.0 Å². The van der Waals surface area contributed by atoms with E-state index >= 15 is 0 Å². The predicted octanol–water partition coefficient (Wildman–Crippen LogP) is 2.59. The summed E-state index contributed by atoms with van der Waals surface area (Å²) in [5, 5.41) is 7.94. The molecule has 0 radical (unpaired) electrons.